The zero-order valence-corrected chi connectivity index (χ0v) is 14.9. The Kier molecular flexibility index (Phi) is 6.11. The van der Waals surface area contributed by atoms with Gasteiger partial charge in [0.25, 0.3) is 0 Å². The van der Waals surface area contributed by atoms with Gasteiger partial charge in [-0.15, -0.1) is 6.42 Å². The number of benzene rings is 2. The lowest BCUT2D eigenvalue weighted by molar-refractivity contribution is -0.154. The van der Waals surface area contributed by atoms with Gasteiger partial charge < -0.3 is 14.4 Å². The lowest BCUT2D eigenvalue weighted by Gasteiger charge is -2.44. The number of nitrogens with zero attached hydrogens (tertiary/aromatic N) is 1. The highest BCUT2D eigenvalue weighted by Gasteiger charge is 2.45. The molecular formula is C22H21NO4. The van der Waals surface area contributed by atoms with Gasteiger partial charge in [-0.1, -0.05) is 66.6 Å². The van der Waals surface area contributed by atoms with Crippen molar-refractivity contribution in [1.29, 1.82) is 0 Å². The molecule has 0 saturated carbocycles. The van der Waals surface area contributed by atoms with E-state index in [2.05, 4.69) is 5.92 Å². The van der Waals surface area contributed by atoms with E-state index >= 15 is 0 Å². The van der Waals surface area contributed by atoms with Crippen LogP contribution in [0.5, 0.6) is 0 Å². The quantitative estimate of drug-likeness (QED) is 0.430. The molecule has 2 aromatic carbocycles. The van der Waals surface area contributed by atoms with Gasteiger partial charge in [-0.25, -0.2) is 4.79 Å². The van der Waals surface area contributed by atoms with Gasteiger partial charge in [0.2, 0.25) is 5.91 Å². The number of ether oxygens (including phenoxy) is 2. The molecule has 138 valence electrons. The molecule has 1 saturated heterocycles. The Bertz CT molecular complexity index is 813. The molecule has 5 heteroatoms. The summed E-state index contributed by atoms with van der Waals surface area (Å²) in [5.74, 6) is 2.34. The molecule has 0 aromatic heterocycles. The van der Waals surface area contributed by atoms with Crippen LogP contribution in [0.3, 0.4) is 0 Å². The van der Waals surface area contributed by atoms with Crippen LogP contribution >= 0.6 is 0 Å². The lowest BCUT2D eigenvalue weighted by atomic mass is 9.85. The molecule has 0 aliphatic carbocycles. The Morgan fingerprint density at radius 1 is 1.00 bits per heavy atom. The van der Waals surface area contributed by atoms with Crippen LogP contribution in [0.2, 0.25) is 0 Å². The number of hydrogen-bond donors (Lipinski definition) is 0. The molecule has 1 heterocycles. The van der Waals surface area contributed by atoms with Gasteiger partial charge in [0.15, 0.2) is 0 Å². The maximum Gasteiger partial charge on any atom is 0.508 e. The van der Waals surface area contributed by atoms with Crippen LogP contribution in [0.25, 0.3) is 0 Å². The molecule has 2 atom stereocenters. The Labute approximate surface area is 158 Å². The van der Waals surface area contributed by atoms with Crippen molar-refractivity contribution in [2.24, 2.45) is 5.92 Å². The van der Waals surface area contributed by atoms with Gasteiger partial charge in [0, 0.05) is 6.54 Å². The summed E-state index contributed by atoms with van der Waals surface area (Å²) in [6.07, 6.45) is 5.24. The van der Waals surface area contributed by atoms with E-state index in [1.807, 2.05) is 60.7 Å². The fraction of sp³-hybridized carbons (Fsp3) is 0.273. The summed E-state index contributed by atoms with van der Waals surface area (Å²) < 4.78 is 10.1. The third-order valence-corrected chi connectivity index (χ3v) is 4.53. The van der Waals surface area contributed by atoms with E-state index in [0.29, 0.717) is 13.0 Å². The summed E-state index contributed by atoms with van der Waals surface area (Å²) in [6, 6.07) is 18.8. The predicted molar refractivity (Wildman–Crippen MR) is 100 cm³/mol. The number of hydrogen-bond acceptors (Lipinski definition) is 4. The average Bonchev–Trinajstić information content (AvgIpc) is 2.72. The van der Waals surface area contributed by atoms with Crippen LogP contribution in [0.4, 0.5) is 4.79 Å². The second-order valence-electron chi connectivity index (χ2n) is 6.33. The van der Waals surface area contributed by atoms with Crippen molar-refractivity contribution in [3.63, 3.8) is 0 Å². The molecule has 3 rings (SSSR count). The number of β-lactam (4-membered cyclic amide) rings is 1. The smallest absolute Gasteiger partial charge is 0.434 e. The number of amides is 1. The number of likely N-dealkylation sites (tertiary alicyclic amines) is 1. The van der Waals surface area contributed by atoms with E-state index in [4.69, 9.17) is 15.9 Å². The predicted octanol–water partition coefficient (Wildman–Crippen LogP) is 3.39. The third kappa shape index (κ3) is 4.68. The van der Waals surface area contributed by atoms with Crippen molar-refractivity contribution < 1.29 is 19.1 Å². The fourth-order valence-corrected chi connectivity index (χ4v) is 3.09. The summed E-state index contributed by atoms with van der Waals surface area (Å²) in [5.41, 5.74) is 1.91. The van der Waals surface area contributed by atoms with Gasteiger partial charge in [-0.3, -0.25) is 4.79 Å². The molecule has 5 nitrogen and oxygen atoms in total. The van der Waals surface area contributed by atoms with Gasteiger partial charge in [0.05, 0.1) is 12.5 Å². The molecule has 2 unspecified atom stereocenters. The van der Waals surface area contributed by atoms with Crippen LogP contribution in [-0.4, -0.2) is 29.6 Å². The van der Waals surface area contributed by atoms with Crippen molar-refractivity contribution in [1.82, 2.24) is 4.90 Å². The molecule has 1 fully saturated rings. The lowest BCUT2D eigenvalue weighted by Crippen LogP contribution is -2.59. The second kappa shape index (κ2) is 8.91. The van der Waals surface area contributed by atoms with Crippen LogP contribution in [0, 0.1) is 18.3 Å². The molecule has 0 N–H and O–H groups in total. The topological polar surface area (TPSA) is 55.8 Å². The fourth-order valence-electron chi connectivity index (χ4n) is 3.09. The summed E-state index contributed by atoms with van der Waals surface area (Å²) >= 11 is 0. The normalized spacial score (nSPS) is 18.3. The SMILES string of the molecule is C#CC1C(CCOC(=O)OCc2ccccc2)C(=O)N1Cc1ccccc1. The standard InChI is InChI=1S/C22H21NO4/c1-2-20-19(21(24)23(20)15-17-9-5-3-6-10-17)13-14-26-22(25)27-16-18-11-7-4-8-12-18/h1,3-12,19-20H,13-16H2. The molecule has 1 aliphatic rings. The van der Waals surface area contributed by atoms with Gasteiger partial charge in [0.1, 0.15) is 12.6 Å². The molecule has 0 bridgehead atoms. The highest BCUT2D eigenvalue weighted by molar-refractivity contribution is 5.87. The summed E-state index contributed by atoms with van der Waals surface area (Å²) in [7, 11) is 0. The highest BCUT2D eigenvalue weighted by atomic mass is 16.7. The van der Waals surface area contributed by atoms with Gasteiger partial charge in [-0.2, -0.15) is 0 Å². The van der Waals surface area contributed by atoms with Crippen LogP contribution in [-0.2, 0) is 27.4 Å². The first-order valence-electron chi connectivity index (χ1n) is 8.83. The van der Waals surface area contributed by atoms with Gasteiger partial charge in [-0.05, 0) is 17.5 Å². The first-order chi connectivity index (χ1) is 13.2. The zero-order chi connectivity index (χ0) is 19.1. The second-order valence-corrected chi connectivity index (χ2v) is 6.33. The Hall–Kier alpha value is -3.26. The number of carbonyl (C=O) groups excluding carboxylic acids is 2. The molecule has 27 heavy (non-hydrogen) atoms. The molecule has 0 radical (unpaired) electrons. The van der Waals surface area contributed by atoms with Crippen molar-refractivity contribution in [3.05, 3.63) is 71.8 Å². The average molecular weight is 363 g/mol. The summed E-state index contributed by atoms with van der Waals surface area (Å²) in [6.45, 7) is 0.742. The monoisotopic (exact) mass is 363 g/mol. The highest BCUT2D eigenvalue weighted by Crippen LogP contribution is 2.30. The molecular weight excluding hydrogens is 342 g/mol. The van der Waals surface area contributed by atoms with E-state index < -0.39 is 6.16 Å². The van der Waals surface area contributed by atoms with Crippen molar-refractivity contribution >= 4 is 12.1 Å². The van der Waals surface area contributed by atoms with E-state index in [0.717, 1.165) is 11.1 Å². The minimum atomic E-state index is -0.746. The van der Waals surface area contributed by atoms with Crippen molar-refractivity contribution in [2.45, 2.75) is 25.6 Å². The van der Waals surface area contributed by atoms with E-state index in [-0.39, 0.29) is 31.1 Å². The minimum Gasteiger partial charge on any atom is -0.434 e. The number of terminal acetylenes is 1. The van der Waals surface area contributed by atoms with Crippen LogP contribution < -0.4 is 0 Å². The number of carbonyl (C=O) groups is 2. The van der Waals surface area contributed by atoms with Crippen molar-refractivity contribution in [2.75, 3.05) is 6.61 Å². The van der Waals surface area contributed by atoms with E-state index in [1.54, 1.807) is 4.90 Å². The molecule has 1 amide bonds. The van der Waals surface area contributed by atoms with E-state index in [9.17, 15) is 9.59 Å². The van der Waals surface area contributed by atoms with Crippen LogP contribution in [0.15, 0.2) is 60.7 Å². The summed E-state index contributed by atoms with van der Waals surface area (Å²) in [4.78, 5) is 25.7. The first-order valence-corrected chi connectivity index (χ1v) is 8.83. The zero-order valence-electron chi connectivity index (χ0n) is 14.9. The van der Waals surface area contributed by atoms with Crippen molar-refractivity contribution in [3.8, 4) is 12.3 Å². The van der Waals surface area contributed by atoms with Crippen LogP contribution in [0.1, 0.15) is 17.5 Å². The van der Waals surface area contributed by atoms with Gasteiger partial charge >= 0.3 is 6.16 Å². The Balaban J connectivity index is 1.41. The maximum absolute atomic E-state index is 12.4. The molecule has 0 spiro atoms. The largest absolute Gasteiger partial charge is 0.508 e. The Morgan fingerprint density at radius 3 is 2.26 bits per heavy atom. The molecule has 1 aliphatic heterocycles. The maximum atomic E-state index is 12.4. The third-order valence-electron chi connectivity index (χ3n) is 4.53. The number of rotatable bonds is 7. The summed E-state index contributed by atoms with van der Waals surface area (Å²) in [5, 5.41) is 0. The minimum absolute atomic E-state index is 0.0111. The Morgan fingerprint density at radius 2 is 1.63 bits per heavy atom. The van der Waals surface area contributed by atoms with E-state index in [1.165, 1.54) is 0 Å². The molecule has 2 aromatic rings. The first kappa shape index (κ1) is 18.5.